The largest absolute Gasteiger partial charge is 0.364 e. The summed E-state index contributed by atoms with van der Waals surface area (Å²) in [7, 11) is 0. The zero-order valence-electron chi connectivity index (χ0n) is 28.0. The van der Waals surface area contributed by atoms with Crippen LogP contribution in [0.4, 0.5) is 5.69 Å². The van der Waals surface area contributed by atoms with Crippen LogP contribution in [0.25, 0.3) is 0 Å². The maximum absolute atomic E-state index is 13.4. The Morgan fingerprint density at radius 1 is 0.783 bits per heavy atom. The maximum atomic E-state index is 13.4. The van der Waals surface area contributed by atoms with Gasteiger partial charge in [-0.2, -0.15) is 0 Å². The number of carbonyl (C=O) groups excluding carboxylic acids is 2. The van der Waals surface area contributed by atoms with Gasteiger partial charge in [-0.25, -0.2) is 9.97 Å². The van der Waals surface area contributed by atoms with Gasteiger partial charge in [0.05, 0.1) is 23.4 Å². The Bertz CT molecular complexity index is 1450. The molecule has 8 nitrogen and oxygen atoms in total. The monoisotopic (exact) mass is 622 g/mol. The molecule has 0 N–H and O–H groups in total. The predicted molar refractivity (Wildman–Crippen MR) is 183 cm³/mol. The fraction of sp³-hybridized carbons (Fsp3) is 0.526. The number of rotatable bonds is 8. The standard InChI is InChI=1S/C38H50N6O2/c1-29-36(30(2)40-28-39-29)37(46)42-24-18-38(3,19-25-42)43-22-16-34(17-23-43)44(27-32-10-6-4-7-11-32)33-14-12-31(13-15-33)26-35(45)41-20-8-5-9-21-41/h4,6-7,10-15,28,34H,5,8-9,16-27H2,1-3H3. The summed E-state index contributed by atoms with van der Waals surface area (Å²) >= 11 is 0. The van der Waals surface area contributed by atoms with Gasteiger partial charge in [-0.05, 0) is 89.0 Å². The van der Waals surface area contributed by atoms with Crippen molar-refractivity contribution < 1.29 is 9.59 Å². The van der Waals surface area contributed by atoms with Crippen LogP contribution in [0.2, 0.25) is 0 Å². The van der Waals surface area contributed by atoms with Crippen LogP contribution in [0.1, 0.15) is 84.7 Å². The minimum atomic E-state index is 0.0646. The molecule has 0 aliphatic carbocycles. The van der Waals surface area contributed by atoms with Gasteiger partial charge in [0.2, 0.25) is 5.91 Å². The van der Waals surface area contributed by atoms with Gasteiger partial charge >= 0.3 is 0 Å². The second kappa shape index (κ2) is 14.3. The number of aryl methyl sites for hydroxylation is 2. The van der Waals surface area contributed by atoms with Crippen molar-refractivity contribution in [3.63, 3.8) is 0 Å². The van der Waals surface area contributed by atoms with E-state index in [2.05, 4.69) is 81.3 Å². The number of hydrogen-bond acceptors (Lipinski definition) is 6. The van der Waals surface area contributed by atoms with E-state index >= 15 is 0 Å². The number of nitrogens with zero attached hydrogens (tertiary/aromatic N) is 6. The van der Waals surface area contributed by atoms with E-state index in [0.717, 1.165) is 101 Å². The Balaban J connectivity index is 1.09. The van der Waals surface area contributed by atoms with Crippen LogP contribution in [-0.2, 0) is 17.8 Å². The first-order valence-electron chi connectivity index (χ1n) is 17.3. The molecule has 46 heavy (non-hydrogen) atoms. The molecule has 3 aliphatic rings. The highest BCUT2D eigenvalue weighted by molar-refractivity contribution is 5.96. The predicted octanol–water partition coefficient (Wildman–Crippen LogP) is 5.81. The number of likely N-dealkylation sites (tertiary alicyclic amines) is 3. The minimum Gasteiger partial charge on any atom is -0.364 e. The third kappa shape index (κ3) is 7.27. The van der Waals surface area contributed by atoms with Gasteiger partial charge in [0.15, 0.2) is 0 Å². The smallest absolute Gasteiger partial charge is 0.257 e. The number of piperidine rings is 3. The summed E-state index contributed by atoms with van der Waals surface area (Å²) in [5.41, 5.74) is 5.90. The Morgan fingerprint density at radius 3 is 2.04 bits per heavy atom. The Labute approximate surface area is 274 Å². The van der Waals surface area contributed by atoms with E-state index in [1.54, 1.807) is 0 Å². The Hall–Kier alpha value is -3.78. The summed E-state index contributed by atoms with van der Waals surface area (Å²) in [5, 5.41) is 0. The van der Waals surface area contributed by atoms with Gasteiger partial charge in [0.25, 0.3) is 5.91 Å². The number of benzene rings is 2. The number of hydrogen-bond donors (Lipinski definition) is 0. The van der Waals surface area contributed by atoms with Crippen LogP contribution in [0.5, 0.6) is 0 Å². The summed E-state index contributed by atoms with van der Waals surface area (Å²) in [6.07, 6.45) is 9.64. The molecule has 0 radical (unpaired) electrons. The van der Waals surface area contributed by atoms with Gasteiger partial charge < -0.3 is 14.7 Å². The van der Waals surface area contributed by atoms with E-state index in [9.17, 15) is 9.59 Å². The van der Waals surface area contributed by atoms with Gasteiger partial charge in [-0.1, -0.05) is 42.5 Å². The fourth-order valence-electron chi connectivity index (χ4n) is 7.73. The van der Waals surface area contributed by atoms with Gasteiger partial charge in [0.1, 0.15) is 6.33 Å². The third-order valence-corrected chi connectivity index (χ3v) is 10.8. The molecule has 3 fully saturated rings. The van der Waals surface area contributed by atoms with Crippen molar-refractivity contribution >= 4 is 17.5 Å². The van der Waals surface area contributed by atoms with Crippen molar-refractivity contribution in [1.29, 1.82) is 0 Å². The molecule has 3 aromatic rings. The van der Waals surface area contributed by atoms with Crippen molar-refractivity contribution in [3.05, 3.63) is 89.0 Å². The van der Waals surface area contributed by atoms with Crippen LogP contribution in [0, 0.1) is 13.8 Å². The van der Waals surface area contributed by atoms with Gasteiger partial charge in [0, 0.05) is 63.1 Å². The average molecular weight is 623 g/mol. The number of aromatic nitrogens is 2. The number of amides is 2. The molecule has 0 unspecified atom stereocenters. The highest BCUT2D eigenvalue weighted by Gasteiger charge is 2.39. The zero-order chi connectivity index (χ0) is 32.1. The lowest BCUT2D eigenvalue weighted by Gasteiger charge is -2.50. The normalized spacial score (nSPS) is 19.2. The van der Waals surface area contributed by atoms with Crippen LogP contribution >= 0.6 is 0 Å². The Kier molecular flexibility index (Phi) is 10.0. The molecule has 0 bridgehead atoms. The van der Waals surface area contributed by atoms with Crippen molar-refractivity contribution in [2.75, 3.05) is 44.2 Å². The quantitative estimate of drug-likeness (QED) is 0.316. The van der Waals surface area contributed by atoms with Crippen LogP contribution in [-0.4, -0.2) is 87.3 Å². The molecule has 8 heteroatoms. The second-order valence-corrected chi connectivity index (χ2v) is 13.8. The average Bonchev–Trinajstić information content (AvgIpc) is 3.09. The molecule has 6 rings (SSSR count). The topological polar surface area (TPSA) is 72.9 Å². The van der Waals surface area contributed by atoms with Crippen LogP contribution in [0.15, 0.2) is 60.9 Å². The van der Waals surface area contributed by atoms with E-state index < -0.39 is 0 Å². The molecule has 1 aromatic heterocycles. The van der Waals surface area contributed by atoms with Gasteiger partial charge in [-0.3, -0.25) is 14.5 Å². The second-order valence-electron chi connectivity index (χ2n) is 13.8. The molecular formula is C38H50N6O2. The molecule has 0 saturated carbocycles. The molecule has 0 atom stereocenters. The van der Waals surface area contributed by atoms with Crippen molar-refractivity contribution in [2.45, 2.75) is 90.3 Å². The lowest BCUT2D eigenvalue weighted by Crippen LogP contribution is -2.58. The van der Waals surface area contributed by atoms with Gasteiger partial charge in [-0.15, -0.1) is 0 Å². The van der Waals surface area contributed by atoms with Crippen molar-refractivity contribution in [2.24, 2.45) is 0 Å². The van der Waals surface area contributed by atoms with E-state index in [-0.39, 0.29) is 17.4 Å². The summed E-state index contributed by atoms with van der Waals surface area (Å²) < 4.78 is 0. The minimum absolute atomic E-state index is 0.0646. The number of carbonyl (C=O) groups is 2. The molecular weight excluding hydrogens is 572 g/mol. The SMILES string of the molecule is Cc1ncnc(C)c1C(=O)N1CCC(C)(N2CCC(N(Cc3ccccc3)c3ccc(CC(=O)N4CCCCC4)cc3)CC2)CC1. The summed E-state index contributed by atoms with van der Waals surface area (Å²) in [5.74, 6) is 0.318. The fourth-order valence-corrected chi connectivity index (χ4v) is 7.73. The molecule has 3 saturated heterocycles. The number of anilines is 1. The van der Waals surface area contributed by atoms with E-state index in [1.807, 2.05) is 23.6 Å². The summed E-state index contributed by atoms with van der Waals surface area (Å²) in [6, 6.07) is 20.0. The zero-order valence-corrected chi connectivity index (χ0v) is 28.0. The lowest BCUT2D eigenvalue weighted by molar-refractivity contribution is -0.131. The molecule has 2 aromatic carbocycles. The highest BCUT2D eigenvalue weighted by atomic mass is 16.2. The molecule has 3 aliphatic heterocycles. The molecule has 2 amide bonds. The first-order valence-corrected chi connectivity index (χ1v) is 17.3. The molecule has 4 heterocycles. The Morgan fingerprint density at radius 2 is 1.41 bits per heavy atom. The van der Waals surface area contributed by atoms with Crippen LogP contribution < -0.4 is 4.90 Å². The first kappa shape index (κ1) is 32.2. The lowest BCUT2D eigenvalue weighted by atomic mass is 9.85. The maximum Gasteiger partial charge on any atom is 0.257 e. The summed E-state index contributed by atoms with van der Waals surface area (Å²) in [4.78, 5) is 44.1. The molecule has 244 valence electrons. The highest BCUT2D eigenvalue weighted by Crippen LogP contribution is 2.34. The van der Waals surface area contributed by atoms with Crippen molar-refractivity contribution in [1.82, 2.24) is 24.7 Å². The van der Waals surface area contributed by atoms with E-state index in [0.29, 0.717) is 18.0 Å². The summed E-state index contributed by atoms with van der Waals surface area (Å²) in [6.45, 7) is 12.5. The van der Waals surface area contributed by atoms with E-state index in [1.165, 1.54) is 24.0 Å². The van der Waals surface area contributed by atoms with E-state index in [4.69, 9.17) is 0 Å². The molecule has 0 spiro atoms. The first-order chi connectivity index (χ1) is 22.3. The van der Waals surface area contributed by atoms with Crippen LogP contribution in [0.3, 0.4) is 0 Å². The van der Waals surface area contributed by atoms with Crippen molar-refractivity contribution in [3.8, 4) is 0 Å². The third-order valence-electron chi connectivity index (χ3n) is 10.8.